The summed E-state index contributed by atoms with van der Waals surface area (Å²) in [6.45, 7) is 1.97. The lowest BCUT2D eigenvalue weighted by Gasteiger charge is -2.26. The Hall–Kier alpha value is -2.36. The second kappa shape index (κ2) is 5.20. The molecule has 4 nitrogen and oxygen atoms in total. The van der Waals surface area contributed by atoms with Crippen LogP contribution in [0.1, 0.15) is 16.7 Å². The second-order valence-electron chi connectivity index (χ2n) is 4.92. The molecule has 0 bridgehead atoms. The Kier molecular flexibility index (Phi) is 3.37. The van der Waals surface area contributed by atoms with Crippen LogP contribution in [0.15, 0.2) is 24.3 Å². The van der Waals surface area contributed by atoms with E-state index in [-0.39, 0.29) is 0 Å². The lowest BCUT2D eigenvalue weighted by molar-refractivity contribution is 0.315. The van der Waals surface area contributed by atoms with Crippen LogP contribution < -0.4 is 18.9 Å². The maximum atomic E-state index is 6.08. The number of rotatable bonds is 3. The minimum absolute atomic E-state index is 0.610. The Morgan fingerprint density at radius 1 is 0.905 bits per heavy atom. The molecule has 0 N–H and O–H groups in total. The van der Waals surface area contributed by atoms with Gasteiger partial charge in [-0.05, 0) is 18.6 Å². The van der Waals surface area contributed by atoms with Crippen LogP contribution in [-0.4, -0.2) is 21.3 Å². The van der Waals surface area contributed by atoms with Crippen LogP contribution in [-0.2, 0) is 6.42 Å². The van der Waals surface area contributed by atoms with Gasteiger partial charge in [0.2, 0.25) is 5.75 Å². The van der Waals surface area contributed by atoms with Crippen molar-refractivity contribution in [2.75, 3.05) is 21.3 Å². The predicted molar refractivity (Wildman–Crippen MR) is 80.2 cm³/mol. The van der Waals surface area contributed by atoms with Crippen LogP contribution in [0.3, 0.4) is 0 Å². The average Bonchev–Trinajstić information content (AvgIpc) is 2.53. The van der Waals surface area contributed by atoms with Crippen LogP contribution in [0.5, 0.6) is 28.7 Å². The summed E-state index contributed by atoms with van der Waals surface area (Å²) in [6, 6.07) is 8.01. The highest BCUT2D eigenvalue weighted by Crippen LogP contribution is 2.52. The number of methoxy groups -OCH3 is 3. The molecule has 4 heteroatoms. The summed E-state index contributed by atoms with van der Waals surface area (Å²) in [4.78, 5) is 0. The quantitative estimate of drug-likeness (QED) is 0.735. The minimum Gasteiger partial charge on any atom is -0.492 e. The smallest absolute Gasteiger partial charge is 0.204 e. The van der Waals surface area contributed by atoms with E-state index in [1.165, 1.54) is 0 Å². The Morgan fingerprint density at radius 3 is 2.24 bits per heavy atom. The van der Waals surface area contributed by atoms with Crippen molar-refractivity contribution in [2.45, 2.75) is 13.3 Å². The van der Waals surface area contributed by atoms with E-state index in [0.29, 0.717) is 17.2 Å². The van der Waals surface area contributed by atoms with Gasteiger partial charge in [0.1, 0.15) is 11.5 Å². The van der Waals surface area contributed by atoms with Crippen molar-refractivity contribution in [3.05, 3.63) is 41.0 Å². The van der Waals surface area contributed by atoms with E-state index in [2.05, 4.69) is 6.07 Å². The molecule has 0 fully saturated rings. The fourth-order valence-corrected chi connectivity index (χ4v) is 2.84. The molecular formula is C17H18O4. The first-order valence-electron chi connectivity index (χ1n) is 6.78. The normalized spacial score (nSPS) is 12.0. The van der Waals surface area contributed by atoms with Crippen LogP contribution >= 0.6 is 0 Å². The third-order valence-corrected chi connectivity index (χ3v) is 3.81. The molecule has 0 amide bonds. The van der Waals surface area contributed by atoms with Crippen molar-refractivity contribution in [1.29, 1.82) is 0 Å². The predicted octanol–water partition coefficient (Wildman–Crippen LogP) is 3.72. The van der Waals surface area contributed by atoms with Gasteiger partial charge in [0.25, 0.3) is 0 Å². The summed E-state index contributed by atoms with van der Waals surface area (Å²) in [6.07, 6.45) is 0.746. The average molecular weight is 286 g/mol. The molecule has 3 rings (SSSR count). The van der Waals surface area contributed by atoms with Gasteiger partial charge < -0.3 is 18.9 Å². The van der Waals surface area contributed by atoms with Crippen LogP contribution in [0.25, 0.3) is 0 Å². The summed E-state index contributed by atoms with van der Waals surface area (Å²) >= 11 is 0. The number of fused-ring (bicyclic) bond motifs is 2. The SMILES string of the molecule is COc1c(C)c2c(c(OC)c1OC)Cc1ccccc1O2. The van der Waals surface area contributed by atoms with E-state index in [9.17, 15) is 0 Å². The van der Waals surface area contributed by atoms with E-state index < -0.39 is 0 Å². The van der Waals surface area contributed by atoms with Crippen molar-refractivity contribution in [3.63, 3.8) is 0 Å². The van der Waals surface area contributed by atoms with E-state index in [4.69, 9.17) is 18.9 Å². The largest absolute Gasteiger partial charge is 0.492 e. The summed E-state index contributed by atoms with van der Waals surface area (Å²) in [5, 5.41) is 0. The van der Waals surface area contributed by atoms with Crippen molar-refractivity contribution in [3.8, 4) is 28.7 Å². The Morgan fingerprint density at radius 2 is 1.57 bits per heavy atom. The Bertz CT molecular complexity index is 692. The maximum absolute atomic E-state index is 6.08. The molecule has 0 atom stereocenters. The van der Waals surface area contributed by atoms with Gasteiger partial charge in [-0.25, -0.2) is 0 Å². The van der Waals surface area contributed by atoms with Gasteiger partial charge in [-0.15, -0.1) is 0 Å². The highest BCUT2D eigenvalue weighted by Gasteiger charge is 2.29. The first-order chi connectivity index (χ1) is 10.2. The highest BCUT2D eigenvalue weighted by molar-refractivity contribution is 5.69. The molecule has 0 aliphatic carbocycles. The van der Waals surface area contributed by atoms with Crippen LogP contribution in [0, 0.1) is 6.92 Å². The highest BCUT2D eigenvalue weighted by atomic mass is 16.5. The van der Waals surface area contributed by atoms with Crippen molar-refractivity contribution < 1.29 is 18.9 Å². The number of para-hydroxylation sites is 1. The molecule has 0 unspecified atom stereocenters. The zero-order valence-electron chi connectivity index (χ0n) is 12.6. The van der Waals surface area contributed by atoms with E-state index in [1.54, 1.807) is 21.3 Å². The summed E-state index contributed by atoms with van der Waals surface area (Å²) in [5.74, 6) is 3.60. The lowest BCUT2D eigenvalue weighted by atomic mass is 9.96. The fourth-order valence-electron chi connectivity index (χ4n) is 2.84. The molecule has 110 valence electrons. The number of benzene rings is 2. The van der Waals surface area contributed by atoms with Gasteiger partial charge in [-0.2, -0.15) is 0 Å². The first kappa shape index (κ1) is 13.6. The number of hydrogen-bond donors (Lipinski definition) is 0. The fraction of sp³-hybridized carbons (Fsp3) is 0.294. The van der Waals surface area contributed by atoms with E-state index >= 15 is 0 Å². The molecule has 0 spiro atoms. The lowest BCUT2D eigenvalue weighted by Crippen LogP contribution is -2.09. The summed E-state index contributed by atoms with van der Waals surface area (Å²) < 4.78 is 22.6. The zero-order valence-corrected chi connectivity index (χ0v) is 12.6. The molecule has 2 aromatic rings. The molecule has 2 aromatic carbocycles. The van der Waals surface area contributed by atoms with Gasteiger partial charge in [0.15, 0.2) is 11.5 Å². The van der Waals surface area contributed by atoms with Gasteiger partial charge in [0.05, 0.1) is 21.3 Å². The molecular weight excluding hydrogens is 268 g/mol. The Balaban J connectivity index is 2.26. The van der Waals surface area contributed by atoms with Crippen molar-refractivity contribution in [1.82, 2.24) is 0 Å². The monoisotopic (exact) mass is 286 g/mol. The third kappa shape index (κ3) is 1.98. The Labute approximate surface area is 124 Å². The van der Waals surface area contributed by atoms with E-state index in [1.807, 2.05) is 25.1 Å². The van der Waals surface area contributed by atoms with Gasteiger partial charge in [-0.3, -0.25) is 0 Å². The number of ether oxygens (including phenoxy) is 4. The van der Waals surface area contributed by atoms with Crippen LogP contribution in [0.4, 0.5) is 0 Å². The summed E-state index contributed by atoms with van der Waals surface area (Å²) in [7, 11) is 4.87. The molecule has 1 aliphatic rings. The maximum Gasteiger partial charge on any atom is 0.204 e. The molecule has 21 heavy (non-hydrogen) atoms. The molecule has 0 aromatic heterocycles. The van der Waals surface area contributed by atoms with Crippen molar-refractivity contribution in [2.24, 2.45) is 0 Å². The topological polar surface area (TPSA) is 36.9 Å². The standard InChI is InChI=1S/C17H18O4/c1-10-14-12(9-11-7-5-6-8-13(11)21-14)16(19-3)17(20-4)15(10)18-2/h5-8H,9H2,1-4H3. The minimum atomic E-state index is 0.610. The van der Waals surface area contributed by atoms with E-state index in [0.717, 1.165) is 34.6 Å². The molecule has 1 aliphatic heterocycles. The molecule has 1 heterocycles. The zero-order chi connectivity index (χ0) is 15.0. The second-order valence-corrected chi connectivity index (χ2v) is 4.92. The van der Waals surface area contributed by atoms with Crippen LogP contribution in [0.2, 0.25) is 0 Å². The molecule has 0 saturated heterocycles. The molecule has 0 radical (unpaired) electrons. The summed E-state index contributed by atoms with van der Waals surface area (Å²) in [5.41, 5.74) is 3.04. The first-order valence-corrected chi connectivity index (χ1v) is 6.78. The van der Waals surface area contributed by atoms with Gasteiger partial charge >= 0.3 is 0 Å². The number of hydrogen-bond acceptors (Lipinski definition) is 4. The van der Waals surface area contributed by atoms with Gasteiger partial charge in [-0.1, -0.05) is 18.2 Å². The third-order valence-electron chi connectivity index (χ3n) is 3.81. The molecule has 0 saturated carbocycles. The van der Waals surface area contributed by atoms with Gasteiger partial charge in [0, 0.05) is 17.5 Å². The van der Waals surface area contributed by atoms with Crippen molar-refractivity contribution >= 4 is 0 Å².